The Kier molecular flexibility index (Phi) is 5.17. The van der Waals surface area contributed by atoms with Gasteiger partial charge in [0.05, 0.1) is 3.57 Å². The largest absolute Gasteiger partial charge is 0.356 e. The summed E-state index contributed by atoms with van der Waals surface area (Å²) in [7, 11) is 0. The molecule has 5 heteroatoms. The standard InChI is InChI=1S/C13H21IN4/c1-10(2)16-7-11-3-5-18(6-4-11)13-12(14)8-15-9-17-13/h8-11,16H,3-7H2,1-2H3. The fraction of sp³-hybridized carbons (Fsp3) is 0.692. The van der Waals surface area contributed by atoms with Crippen molar-refractivity contribution < 1.29 is 0 Å². The fourth-order valence-electron chi connectivity index (χ4n) is 2.29. The lowest BCUT2D eigenvalue weighted by Gasteiger charge is -2.33. The molecule has 1 aliphatic rings. The van der Waals surface area contributed by atoms with Crippen molar-refractivity contribution in [1.82, 2.24) is 15.3 Å². The number of hydrogen-bond donors (Lipinski definition) is 1. The maximum atomic E-state index is 4.39. The van der Waals surface area contributed by atoms with Crippen LogP contribution in [0.25, 0.3) is 0 Å². The summed E-state index contributed by atoms with van der Waals surface area (Å²) >= 11 is 2.31. The summed E-state index contributed by atoms with van der Waals surface area (Å²) in [6, 6.07) is 0.589. The topological polar surface area (TPSA) is 41.0 Å². The second-order valence-corrected chi connectivity index (χ2v) is 6.35. The van der Waals surface area contributed by atoms with E-state index in [0.29, 0.717) is 6.04 Å². The zero-order chi connectivity index (χ0) is 13.0. The van der Waals surface area contributed by atoms with E-state index in [1.54, 1.807) is 6.33 Å². The molecule has 0 bridgehead atoms. The molecule has 0 aromatic carbocycles. The van der Waals surface area contributed by atoms with Crippen molar-refractivity contribution in [2.45, 2.75) is 32.7 Å². The highest BCUT2D eigenvalue weighted by Crippen LogP contribution is 2.24. The third-order valence-electron chi connectivity index (χ3n) is 3.38. The van der Waals surface area contributed by atoms with Gasteiger partial charge < -0.3 is 10.2 Å². The monoisotopic (exact) mass is 360 g/mol. The summed E-state index contributed by atoms with van der Waals surface area (Å²) in [6.07, 6.45) is 6.03. The minimum Gasteiger partial charge on any atom is -0.356 e. The first kappa shape index (κ1) is 14.0. The van der Waals surface area contributed by atoms with E-state index in [0.717, 1.165) is 34.9 Å². The summed E-state index contributed by atoms with van der Waals surface area (Å²) < 4.78 is 1.15. The molecule has 1 aliphatic heterocycles. The second-order valence-electron chi connectivity index (χ2n) is 5.19. The Bertz CT molecular complexity index is 375. The van der Waals surface area contributed by atoms with Gasteiger partial charge in [0, 0.05) is 25.3 Å². The predicted molar refractivity (Wildman–Crippen MR) is 82.8 cm³/mol. The maximum absolute atomic E-state index is 4.39. The minimum absolute atomic E-state index is 0.589. The number of nitrogens with one attached hydrogen (secondary N) is 1. The minimum atomic E-state index is 0.589. The number of nitrogens with zero attached hydrogens (tertiary/aromatic N) is 3. The Labute approximate surface area is 123 Å². The van der Waals surface area contributed by atoms with Crippen LogP contribution in [-0.2, 0) is 0 Å². The third kappa shape index (κ3) is 3.78. The molecular formula is C13H21IN4. The Balaban J connectivity index is 1.85. The fourth-order valence-corrected chi connectivity index (χ4v) is 2.93. The Hall–Kier alpha value is -0.430. The van der Waals surface area contributed by atoms with Crippen LogP contribution < -0.4 is 10.2 Å². The van der Waals surface area contributed by atoms with Crippen molar-refractivity contribution in [3.63, 3.8) is 0 Å². The molecule has 1 fully saturated rings. The Morgan fingerprint density at radius 1 is 1.44 bits per heavy atom. The first-order valence-corrected chi connectivity index (χ1v) is 7.68. The van der Waals surface area contributed by atoms with E-state index in [-0.39, 0.29) is 0 Å². The van der Waals surface area contributed by atoms with Gasteiger partial charge in [-0.05, 0) is 47.9 Å². The Morgan fingerprint density at radius 2 is 2.17 bits per heavy atom. The highest BCUT2D eigenvalue weighted by Gasteiger charge is 2.21. The van der Waals surface area contributed by atoms with Crippen LogP contribution in [0, 0.1) is 9.49 Å². The average Bonchev–Trinajstić information content (AvgIpc) is 2.38. The quantitative estimate of drug-likeness (QED) is 0.837. The van der Waals surface area contributed by atoms with Gasteiger partial charge in [-0.15, -0.1) is 0 Å². The zero-order valence-electron chi connectivity index (χ0n) is 11.1. The van der Waals surface area contributed by atoms with Crippen LogP contribution in [0.3, 0.4) is 0 Å². The van der Waals surface area contributed by atoms with E-state index in [9.17, 15) is 0 Å². The molecule has 1 aromatic heterocycles. The van der Waals surface area contributed by atoms with Gasteiger partial charge in [-0.3, -0.25) is 0 Å². The highest BCUT2D eigenvalue weighted by molar-refractivity contribution is 14.1. The van der Waals surface area contributed by atoms with Crippen molar-refractivity contribution in [3.8, 4) is 0 Å². The summed E-state index contributed by atoms with van der Waals surface area (Å²) in [6.45, 7) is 7.78. The number of aromatic nitrogens is 2. The lowest BCUT2D eigenvalue weighted by molar-refractivity contribution is 0.369. The van der Waals surface area contributed by atoms with Crippen molar-refractivity contribution in [3.05, 3.63) is 16.1 Å². The van der Waals surface area contributed by atoms with Gasteiger partial charge in [-0.1, -0.05) is 13.8 Å². The van der Waals surface area contributed by atoms with Gasteiger partial charge in [0.25, 0.3) is 0 Å². The number of piperidine rings is 1. The molecule has 2 heterocycles. The summed E-state index contributed by atoms with van der Waals surface area (Å²) in [4.78, 5) is 10.8. The van der Waals surface area contributed by atoms with E-state index >= 15 is 0 Å². The van der Waals surface area contributed by atoms with Crippen LogP contribution in [0.15, 0.2) is 12.5 Å². The summed E-state index contributed by atoms with van der Waals surface area (Å²) in [5.74, 6) is 1.91. The first-order chi connectivity index (χ1) is 8.66. The molecule has 1 aromatic rings. The number of halogens is 1. The van der Waals surface area contributed by atoms with Gasteiger partial charge >= 0.3 is 0 Å². The normalized spacial score (nSPS) is 17.4. The molecule has 1 N–H and O–H groups in total. The highest BCUT2D eigenvalue weighted by atomic mass is 127. The molecule has 0 atom stereocenters. The van der Waals surface area contributed by atoms with Crippen LogP contribution in [0.5, 0.6) is 0 Å². The molecule has 4 nitrogen and oxygen atoms in total. The van der Waals surface area contributed by atoms with Gasteiger partial charge in [0.2, 0.25) is 0 Å². The number of hydrogen-bond acceptors (Lipinski definition) is 4. The van der Waals surface area contributed by atoms with Crippen molar-refractivity contribution in [2.24, 2.45) is 5.92 Å². The predicted octanol–water partition coefficient (Wildman–Crippen LogP) is 2.30. The molecule has 0 spiro atoms. The van der Waals surface area contributed by atoms with Crippen LogP contribution in [0.1, 0.15) is 26.7 Å². The van der Waals surface area contributed by atoms with Gasteiger partial charge in [-0.2, -0.15) is 0 Å². The van der Waals surface area contributed by atoms with E-state index < -0.39 is 0 Å². The van der Waals surface area contributed by atoms with Crippen LogP contribution in [0.2, 0.25) is 0 Å². The summed E-state index contributed by atoms with van der Waals surface area (Å²) in [5, 5.41) is 3.54. The molecule has 18 heavy (non-hydrogen) atoms. The van der Waals surface area contributed by atoms with Crippen molar-refractivity contribution in [2.75, 3.05) is 24.5 Å². The average molecular weight is 360 g/mol. The lowest BCUT2D eigenvalue weighted by atomic mass is 9.96. The third-order valence-corrected chi connectivity index (χ3v) is 4.14. The van der Waals surface area contributed by atoms with E-state index in [1.807, 2.05) is 6.20 Å². The molecule has 100 valence electrons. The maximum Gasteiger partial charge on any atom is 0.145 e. The van der Waals surface area contributed by atoms with Crippen LogP contribution in [0.4, 0.5) is 5.82 Å². The molecule has 1 saturated heterocycles. The van der Waals surface area contributed by atoms with Gasteiger partial charge in [-0.25, -0.2) is 9.97 Å². The van der Waals surface area contributed by atoms with E-state index in [1.165, 1.54) is 12.8 Å². The second kappa shape index (κ2) is 6.65. The molecule has 0 aliphatic carbocycles. The lowest BCUT2D eigenvalue weighted by Crippen LogP contribution is -2.39. The van der Waals surface area contributed by atoms with Crippen LogP contribution >= 0.6 is 22.6 Å². The van der Waals surface area contributed by atoms with E-state index in [4.69, 9.17) is 0 Å². The molecular weight excluding hydrogens is 339 g/mol. The smallest absolute Gasteiger partial charge is 0.145 e. The van der Waals surface area contributed by atoms with E-state index in [2.05, 4.69) is 56.6 Å². The summed E-state index contributed by atoms with van der Waals surface area (Å²) in [5.41, 5.74) is 0. The Morgan fingerprint density at radius 3 is 2.78 bits per heavy atom. The van der Waals surface area contributed by atoms with Crippen molar-refractivity contribution >= 4 is 28.4 Å². The van der Waals surface area contributed by atoms with Gasteiger partial charge in [0.1, 0.15) is 12.1 Å². The van der Waals surface area contributed by atoms with Crippen LogP contribution in [-0.4, -0.2) is 35.6 Å². The van der Waals surface area contributed by atoms with Gasteiger partial charge in [0.15, 0.2) is 0 Å². The molecule has 0 amide bonds. The molecule has 0 unspecified atom stereocenters. The van der Waals surface area contributed by atoms with Crippen molar-refractivity contribution in [1.29, 1.82) is 0 Å². The molecule has 0 radical (unpaired) electrons. The number of rotatable bonds is 4. The number of anilines is 1. The first-order valence-electron chi connectivity index (χ1n) is 6.60. The SMILES string of the molecule is CC(C)NCC1CCN(c2ncncc2I)CC1. The zero-order valence-corrected chi connectivity index (χ0v) is 13.2. The molecule has 0 saturated carbocycles. The molecule has 2 rings (SSSR count).